The van der Waals surface area contributed by atoms with Gasteiger partial charge >= 0.3 is 10.4 Å². The van der Waals surface area contributed by atoms with E-state index in [2.05, 4.69) is 27.4 Å². The van der Waals surface area contributed by atoms with E-state index >= 15 is 0 Å². The molecule has 0 aliphatic carbocycles. The van der Waals surface area contributed by atoms with Crippen molar-refractivity contribution in [3.63, 3.8) is 0 Å². The first kappa shape index (κ1) is 25.3. The molecule has 1 heterocycles. The highest BCUT2D eigenvalue weighted by molar-refractivity contribution is 7.79. The molecule has 0 radical (unpaired) electrons. The van der Waals surface area contributed by atoms with Crippen LogP contribution in [0.5, 0.6) is 5.75 Å². The molecule has 0 unspecified atom stereocenters. The van der Waals surface area contributed by atoms with Gasteiger partial charge in [0.2, 0.25) is 5.96 Å². The Morgan fingerprint density at radius 1 is 1.36 bits per heavy atom. The van der Waals surface area contributed by atoms with E-state index in [1.807, 2.05) is 24.4 Å². The molecule has 0 aliphatic heterocycles. The van der Waals surface area contributed by atoms with E-state index in [-0.39, 0.29) is 5.48 Å². The van der Waals surface area contributed by atoms with Gasteiger partial charge in [0.1, 0.15) is 5.75 Å². The minimum Gasteiger partial charge on any atom is -0.497 e. The van der Waals surface area contributed by atoms with Crippen LogP contribution in [0.4, 0.5) is 0 Å². The number of rotatable bonds is 7. The molecular weight excluding hydrogens is 390 g/mol. The molecule has 0 saturated carbocycles. The van der Waals surface area contributed by atoms with Gasteiger partial charge in [-0.2, -0.15) is 13.5 Å². The van der Waals surface area contributed by atoms with Crippen LogP contribution in [0.25, 0.3) is 10.9 Å². The molecule has 158 valence electrons. The second-order valence-electron chi connectivity index (χ2n) is 5.45. The maximum atomic E-state index is 8.74. The maximum absolute atomic E-state index is 8.74. The number of aromatic nitrogens is 1. The van der Waals surface area contributed by atoms with Crippen LogP contribution in [0.15, 0.2) is 34.5 Å². The SMILES string of the molecule is CCCCCN=C(N)N/N=C/c1c[nH]c2ccc(OC)cc12.O.O=S(=O)(O)O. The van der Waals surface area contributed by atoms with E-state index in [9.17, 15) is 0 Å². The molecule has 28 heavy (non-hydrogen) atoms. The number of hydrogen-bond donors (Lipinski definition) is 5. The van der Waals surface area contributed by atoms with Crippen molar-refractivity contribution in [3.8, 4) is 5.75 Å². The van der Waals surface area contributed by atoms with E-state index in [4.69, 9.17) is 28.0 Å². The summed E-state index contributed by atoms with van der Waals surface area (Å²) in [6.45, 7) is 2.89. The van der Waals surface area contributed by atoms with Crippen molar-refractivity contribution in [2.75, 3.05) is 13.7 Å². The van der Waals surface area contributed by atoms with Crippen molar-refractivity contribution in [3.05, 3.63) is 30.0 Å². The van der Waals surface area contributed by atoms with Gasteiger partial charge in [0.25, 0.3) is 0 Å². The number of ether oxygens (including phenoxy) is 1. The van der Waals surface area contributed by atoms with Gasteiger partial charge in [0.15, 0.2) is 0 Å². The Labute approximate surface area is 163 Å². The number of nitrogens with zero attached hydrogens (tertiary/aromatic N) is 2. The van der Waals surface area contributed by atoms with Gasteiger partial charge in [-0.15, -0.1) is 0 Å². The Morgan fingerprint density at radius 3 is 2.64 bits per heavy atom. The lowest BCUT2D eigenvalue weighted by Gasteiger charge is -2.00. The van der Waals surface area contributed by atoms with E-state index < -0.39 is 10.4 Å². The Hall–Kier alpha value is -2.67. The van der Waals surface area contributed by atoms with Gasteiger partial charge in [0, 0.05) is 29.2 Å². The van der Waals surface area contributed by atoms with Crippen LogP contribution >= 0.6 is 0 Å². The van der Waals surface area contributed by atoms with Crippen LogP contribution in [0.3, 0.4) is 0 Å². The fourth-order valence-corrected chi connectivity index (χ4v) is 2.12. The standard InChI is InChI=1S/C16H23N5O.H2O4S.H2O/c1-3-4-5-8-18-16(17)21-20-11-12-10-19-15-7-6-13(22-2)9-14(12)15;1-5(2,3)4;/h6-7,9-11,19H,3-5,8H2,1-2H3,(H3,17,18,21);(H2,1,2,3,4);1H2/b20-11+;;. The summed E-state index contributed by atoms with van der Waals surface area (Å²) in [6, 6.07) is 5.86. The van der Waals surface area contributed by atoms with Gasteiger partial charge in [0.05, 0.1) is 13.3 Å². The highest BCUT2D eigenvalue weighted by atomic mass is 32.3. The van der Waals surface area contributed by atoms with Crippen molar-refractivity contribution < 1.29 is 27.7 Å². The Bertz CT molecular complexity index is 871. The Kier molecular flexibility index (Phi) is 11.5. The van der Waals surface area contributed by atoms with Gasteiger partial charge in [-0.05, 0) is 24.6 Å². The summed E-state index contributed by atoms with van der Waals surface area (Å²) >= 11 is 0. The average molecular weight is 417 g/mol. The normalized spacial score (nSPS) is 11.6. The number of methoxy groups -OCH3 is 1. The second-order valence-corrected chi connectivity index (χ2v) is 6.34. The van der Waals surface area contributed by atoms with Crippen LogP contribution in [0.2, 0.25) is 0 Å². The molecule has 11 nitrogen and oxygen atoms in total. The number of aliphatic imine (C=N–C) groups is 1. The quantitative estimate of drug-likeness (QED) is 0.146. The molecule has 1 aromatic heterocycles. The number of H-pyrrole nitrogens is 1. The van der Waals surface area contributed by atoms with E-state index in [0.717, 1.165) is 41.6 Å². The molecule has 0 bridgehead atoms. The van der Waals surface area contributed by atoms with Gasteiger partial charge in [-0.3, -0.25) is 14.1 Å². The highest BCUT2D eigenvalue weighted by Gasteiger charge is 2.03. The molecule has 12 heteroatoms. The lowest BCUT2D eigenvalue weighted by Crippen LogP contribution is -2.27. The Balaban J connectivity index is 0.00000108. The number of hydrazone groups is 1. The number of aromatic amines is 1. The molecule has 2 aromatic rings. The summed E-state index contributed by atoms with van der Waals surface area (Å²) in [5, 5.41) is 5.17. The fourth-order valence-electron chi connectivity index (χ4n) is 2.12. The maximum Gasteiger partial charge on any atom is 0.394 e. The van der Waals surface area contributed by atoms with Gasteiger partial charge in [-0.1, -0.05) is 19.8 Å². The zero-order valence-electron chi connectivity index (χ0n) is 15.7. The number of benzene rings is 1. The lowest BCUT2D eigenvalue weighted by molar-refractivity contribution is 0.381. The number of nitrogens with two attached hydrogens (primary N) is 1. The summed E-state index contributed by atoms with van der Waals surface area (Å²) in [5.41, 5.74) is 10.5. The molecule has 2 rings (SSSR count). The average Bonchev–Trinajstić information content (AvgIpc) is 2.99. The third kappa shape index (κ3) is 10.5. The lowest BCUT2D eigenvalue weighted by atomic mass is 10.2. The highest BCUT2D eigenvalue weighted by Crippen LogP contribution is 2.22. The third-order valence-corrected chi connectivity index (χ3v) is 3.35. The summed E-state index contributed by atoms with van der Waals surface area (Å²) in [7, 11) is -3.02. The van der Waals surface area contributed by atoms with E-state index in [1.54, 1.807) is 13.3 Å². The molecule has 0 fully saturated rings. The smallest absolute Gasteiger partial charge is 0.394 e. The first-order valence-corrected chi connectivity index (χ1v) is 9.58. The molecule has 8 N–H and O–H groups in total. The van der Waals surface area contributed by atoms with Crippen molar-refractivity contribution in [1.29, 1.82) is 0 Å². The largest absolute Gasteiger partial charge is 0.497 e. The monoisotopic (exact) mass is 417 g/mol. The second kappa shape index (κ2) is 12.7. The molecular formula is C16H27N5O6S. The molecule has 0 atom stereocenters. The topological polar surface area (TPSA) is 194 Å². The Morgan fingerprint density at radius 2 is 2.04 bits per heavy atom. The zero-order valence-corrected chi connectivity index (χ0v) is 16.5. The number of nitrogens with one attached hydrogen (secondary N) is 2. The molecule has 0 spiro atoms. The first-order valence-electron chi connectivity index (χ1n) is 8.18. The predicted octanol–water partition coefficient (Wildman–Crippen LogP) is 1.13. The first-order chi connectivity index (χ1) is 12.7. The number of fused-ring (bicyclic) bond motifs is 1. The summed E-state index contributed by atoms with van der Waals surface area (Å²) in [5.74, 6) is 1.15. The predicted molar refractivity (Wildman–Crippen MR) is 109 cm³/mol. The molecule has 0 saturated heterocycles. The molecule has 0 aliphatic rings. The summed E-state index contributed by atoms with van der Waals surface area (Å²) in [4.78, 5) is 7.40. The minimum atomic E-state index is -4.67. The fraction of sp³-hybridized carbons (Fsp3) is 0.375. The molecule has 1 aromatic carbocycles. The molecule has 0 amide bonds. The van der Waals surface area contributed by atoms with Crippen LogP contribution in [-0.4, -0.2) is 53.8 Å². The zero-order chi connectivity index (χ0) is 20.3. The van der Waals surface area contributed by atoms with Crippen molar-refractivity contribution >= 4 is 33.5 Å². The number of hydrogen-bond acceptors (Lipinski definition) is 5. The van der Waals surface area contributed by atoms with Crippen molar-refractivity contribution in [2.24, 2.45) is 15.8 Å². The summed E-state index contributed by atoms with van der Waals surface area (Å²) < 4.78 is 36.8. The van der Waals surface area contributed by atoms with Crippen LogP contribution < -0.4 is 15.9 Å². The van der Waals surface area contributed by atoms with Crippen molar-refractivity contribution in [1.82, 2.24) is 10.4 Å². The summed E-state index contributed by atoms with van der Waals surface area (Å²) in [6.07, 6.45) is 6.99. The van der Waals surface area contributed by atoms with Crippen LogP contribution in [0, 0.1) is 0 Å². The van der Waals surface area contributed by atoms with Crippen molar-refractivity contribution in [2.45, 2.75) is 26.2 Å². The van der Waals surface area contributed by atoms with Crippen LogP contribution in [-0.2, 0) is 10.4 Å². The minimum absolute atomic E-state index is 0. The van der Waals surface area contributed by atoms with Crippen LogP contribution in [0.1, 0.15) is 31.7 Å². The number of unbranched alkanes of at least 4 members (excludes halogenated alkanes) is 2. The van der Waals surface area contributed by atoms with Gasteiger partial charge in [-0.25, -0.2) is 5.43 Å². The van der Waals surface area contributed by atoms with E-state index in [1.165, 1.54) is 6.42 Å². The van der Waals surface area contributed by atoms with Gasteiger partial charge < -0.3 is 20.9 Å². The number of guanidine groups is 1. The van der Waals surface area contributed by atoms with E-state index in [0.29, 0.717) is 5.96 Å². The third-order valence-electron chi connectivity index (χ3n) is 3.35.